The normalized spacial score (nSPS) is 11.4. The number of imidazole rings is 1. The number of hydrogen-bond donors (Lipinski definition) is 1. The van der Waals surface area contributed by atoms with Crippen molar-refractivity contribution in [3.63, 3.8) is 0 Å². The molecule has 0 unspecified atom stereocenters. The molecule has 0 aliphatic rings. The van der Waals surface area contributed by atoms with Crippen LogP contribution in [0.5, 0.6) is 5.75 Å². The third-order valence-corrected chi connectivity index (χ3v) is 7.30. The van der Waals surface area contributed by atoms with Crippen LogP contribution in [0.25, 0.3) is 32.8 Å². The first-order chi connectivity index (χ1) is 20.2. The van der Waals surface area contributed by atoms with Gasteiger partial charge in [0.15, 0.2) is 5.78 Å². The fourth-order valence-corrected chi connectivity index (χ4v) is 5.29. The lowest BCUT2D eigenvalue weighted by atomic mass is 9.99. The number of rotatable bonds is 9. The van der Waals surface area contributed by atoms with E-state index in [-0.39, 0.29) is 5.78 Å². The lowest BCUT2D eigenvalue weighted by Gasteiger charge is -2.10. The van der Waals surface area contributed by atoms with Crippen LogP contribution < -0.4 is 4.74 Å². The summed E-state index contributed by atoms with van der Waals surface area (Å²) in [4.78, 5) is 22.1. The van der Waals surface area contributed by atoms with Crippen LogP contribution in [0.4, 0.5) is 0 Å². The van der Waals surface area contributed by atoms with E-state index in [1.807, 2.05) is 114 Å². The smallest absolute Gasteiger partial charge is 0.195 e. The second-order valence-electron chi connectivity index (χ2n) is 10.0. The van der Waals surface area contributed by atoms with Crippen LogP contribution in [0.1, 0.15) is 27.0 Å². The minimum absolute atomic E-state index is 0.0966. The van der Waals surface area contributed by atoms with Gasteiger partial charge in [0.05, 0.1) is 24.0 Å². The van der Waals surface area contributed by atoms with Crippen LogP contribution in [0.2, 0.25) is 0 Å². The molecule has 0 amide bonds. The number of ketones is 1. The highest BCUT2D eigenvalue weighted by Crippen LogP contribution is 2.35. The van der Waals surface area contributed by atoms with E-state index in [0.29, 0.717) is 42.3 Å². The highest BCUT2D eigenvalue weighted by atomic mass is 16.5. The number of benzene rings is 5. The highest BCUT2D eigenvalue weighted by Gasteiger charge is 2.21. The Morgan fingerprint density at radius 2 is 1.44 bits per heavy atom. The van der Waals surface area contributed by atoms with Crippen molar-refractivity contribution in [2.75, 3.05) is 0 Å². The largest absolute Gasteiger partial charge is 0.489 e. The Morgan fingerprint density at radius 3 is 2.20 bits per heavy atom. The Balaban J connectivity index is 1.23. The molecule has 7 aromatic rings. The van der Waals surface area contributed by atoms with E-state index in [1.165, 1.54) is 0 Å². The maximum Gasteiger partial charge on any atom is 0.195 e. The second-order valence-corrected chi connectivity index (χ2v) is 10.0. The minimum Gasteiger partial charge on any atom is -0.489 e. The summed E-state index contributed by atoms with van der Waals surface area (Å²) in [7, 11) is 0. The molecule has 2 heterocycles. The number of carbonyl (C=O) groups excluding carboxylic acids is 1. The van der Waals surface area contributed by atoms with E-state index in [9.17, 15) is 4.79 Å². The highest BCUT2D eigenvalue weighted by molar-refractivity contribution is 6.25. The number of carbonyl (C=O) groups is 1. The molecule has 200 valence electrons. The monoisotopic (exact) mass is 537 g/mol. The van der Waals surface area contributed by atoms with Gasteiger partial charge in [0.1, 0.15) is 24.6 Å². The Hall–Kier alpha value is -5.20. The number of ether oxygens (including phenoxy) is 2. The number of aromatic amines is 1. The van der Waals surface area contributed by atoms with Gasteiger partial charge in [-0.05, 0) is 47.5 Å². The lowest BCUT2D eigenvalue weighted by molar-refractivity contribution is 0.0665. The Labute approximate surface area is 236 Å². The van der Waals surface area contributed by atoms with Crippen LogP contribution in [-0.2, 0) is 24.7 Å². The quantitative estimate of drug-likeness (QED) is 0.192. The first-order valence-electron chi connectivity index (χ1n) is 13.6. The van der Waals surface area contributed by atoms with Gasteiger partial charge in [0.25, 0.3) is 0 Å². The number of aromatic nitrogens is 3. The van der Waals surface area contributed by atoms with Gasteiger partial charge < -0.3 is 19.0 Å². The van der Waals surface area contributed by atoms with Crippen molar-refractivity contribution in [3.8, 4) is 5.75 Å². The first-order valence-corrected chi connectivity index (χ1v) is 13.6. The zero-order valence-electron chi connectivity index (χ0n) is 22.3. The van der Waals surface area contributed by atoms with Gasteiger partial charge in [-0.25, -0.2) is 4.98 Å². The molecular weight excluding hydrogens is 510 g/mol. The van der Waals surface area contributed by atoms with Gasteiger partial charge in [0.2, 0.25) is 0 Å². The zero-order chi connectivity index (χ0) is 27.6. The molecule has 6 nitrogen and oxygen atoms in total. The maximum absolute atomic E-state index is 13.9. The van der Waals surface area contributed by atoms with Crippen molar-refractivity contribution in [3.05, 3.63) is 144 Å². The van der Waals surface area contributed by atoms with Crippen LogP contribution >= 0.6 is 0 Å². The van der Waals surface area contributed by atoms with E-state index < -0.39 is 0 Å². The number of H-pyrrole nitrogens is 1. The van der Waals surface area contributed by atoms with Crippen molar-refractivity contribution in [1.82, 2.24) is 14.5 Å². The van der Waals surface area contributed by atoms with Crippen molar-refractivity contribution < 1.29 is 14.3 Å². The molecule has 0 radical (unpaired) electrons. The van der Waals surface area contributed by atoms with E-state index in [1.54, 1.807) is 6.33 Å². The number of nitrogens with zero attached hydrogens (tertiary/aromatic N) is 2. The fourth-order valence-electron chi connectivity index (χ4n) is 5.29. The first kappa shape index (κ1) is 24.8. The molecule has 0 fully saturated rings. The molecular formula is C35H27N3O3. The predicted molar refractivity (Wildman–Crippen MR) is 161 cm³/mol. The van der Waals surface area contributed by atoms with E-state index in [4.69, 9.17) is 14.5 Å². The molecule has 0 aliphatic heterocycles. The van der Waals surface area contributed by atoms with Crippen LogP contribution in [0.3, 0.4) is 0 Å². The Morgan fingerprint density at radius 1 is 0.756 bits per heavy atom. The number of hydrogen-bond acceptors (Lipinski definition) is 4. The van der Waals surface area contributed by atoms with Crippen LogP contribution in [0.15, 0.2) is 122 Å². The second kappa shape index (κ2) is 10.8. The fraction of sp³-hybridized carbons (Fsp3) is 0.0857. The summed E-state index contributed by atoms with van der Waals surface area (Å²) in [6, 6.07) is 37.4. The topological polar surface area (TPSA) is 69.1 Å². The standard InChI is InChI=1S/C35H27N3O3/c39-35(26-15-17-27(18-16-26)41-21-25-11-5-2-6-12-25)29-19-31-32(28-13-7-8-14-30(28)37-31)34-33(29)36-22-38(34)23-40-20-24-9-3-1-4-10-24/h1-19,22,37H,20-21,23H2. The number of nitrogens with one attached hydrogen (secondary N) is 1. The van der Waals surface area contributed by atoms with Crippen LogP contribution in [-0.4, -0.2) is 20.3 Å². The molecule has 7 rings (SSSR count). The third kappa shape index (κ3) is 4.86. The van der Waals surface area contributed by atoms with E-state index >= 15 is 0 Å². The summed E-state index contributed by atoms with van der Waals surface area (Å²) in [5, 5.41) is 2.11. The van der Waals surface area contributed by atoms with Gasteiger partial charge in [-0.2, -0.15) is 0 Å². The van der Waals surface area contributed by atoms with E-state index in [2.05, 4.69) is 11.1 Å². The van der Waals surface area contributed by atoms with E-state index in [0.717, 1.165) is 38.4 Å². The molecule has 0 atom stereocenters. The van der Waals surface area contributed by atoms with Gasteiger partial charge in [-0.15, -0.1) is 0 Å². The summed E-state index contributed by atoms with van der Waals surface area (Å²) in [5.74, 6) is 0.613. The van der Waals surface area contributed by atoms with Crippen molar-refractivity contribution in [1.29, 1.82) is 0 Å². The lowest BCUT2D eigenvalue weighted by Crippen LogP contribution is -2.05. The zero-order valence-corrected chi connectivity index (χ0v) is 22.3. The van der Waals surface area contributed by atoms with Gasteiger partial charge in [0, 0.05) is 27.4 Å². The number of fused-ring (bicyclic) bond motifs is 5. The molecule has 0 saturated carbocycles. The van der Waals surface area contributed by atoms with Crippen molar-refractivity contribution in [2.45, 2.75) is 19.9 Å². The summed E-state index contributed by atoms with van der Waals surface area (Å²) in [6.07, 6.45) is 1.76. The van der Waals surface area contributed by atoms with Gasteiger partial charge in [-0.3, -0.25) is 4.79 Å². The molecule has 1 N–H and O–H groups in total. The molecule has 0 saturated heterocycles. The third-order valence-electron chi connectivity index (χ3n) is 7.30. The summed E-state index contributed by atoms with van der Waals surface area (Å²) in [6.45, 7) is 1.26. The van der Waals surface area contributed by atoms with Gasteiger partial charge >= 0.3 is 0 Å². The average molecular weight is 538 g/mol. The SMILES string of the molecule is O=C(c1ccc(OCc2ccccc2)cc1)c1cc2[nH]c3ccccc3c2c2c1ncn2COCc1ccccc1. The molecule has 2 aromatic heterocycles. The molecule has 0 bridgehead atoms. The summed E-state index contributed by atoms with van der Waals surface area (Å²) < 4.78 is 14.0. The van der Waals surface area contributed by atoms with Crippen LogP contribution in [0, 0.1) is 0 Å². The maximum atomic E-state index is 13.9. The minimum atomic E-state index is -0.0966. The van der Waals surface area contributed by atoms with Crippen molar-refractivity contribution >= 4 is 38.6 Å². The Kier molecular flexibility index (Phi) is 6.51. The molecule has 41 heavy (non-hydrogen) atoms. The summed E-state index contributed by atoms with van der Waals surface area (Å²) >= 11 is 0. The molecule has 5 aromatic carbocycles. The predicted octanol–water partition coefficient (Wildman–Crippen LogP) is 7.66. The van der Waals surface area contributed by atoms with Gasteiger partial charge in [-0.1, -0.05) is 78.9 Å². The van der Waals surface area contributed by atoms with Crippen molar-refractivity contribution in [2.24, 2.45) is 0 Å². The average Bonchev–Trinajstić information content (AvgIpc) is 3.62. The molecule has 0 aliphatic carbocycles. The Bertz CT molecular complexity index is 1970. The molecule has 6 heteroatoms. The molecule has 0 spiro atoms. The summed E-state index contributed by atoms with van der Waals surface area (Å²) in [5.41, 5.74) is 6.72. The number of para-hydroxylation sites is 1.